The molecular formula is C24H21N5O3S. The molecule has 0 aliphatic heterocycles. The zero-order chi connectivity index (χ0) is 23.2. The number of hydrogen-bond acceptors (Lipinski definition) is 6. The highest BCUT2D eigenvalue weighted by molar-refractivity contribution is 8.00. The quantitative estimate of drug-likeness (QED) is 0.234. The number of aromatic nitrogens is 3. The number of nitro benzene ring substituents is 1. The SMILES string of the molecule is CC(Sc1ccc([N+](=O)[O-])cc1)C(=O)NCc1cn(-c2ccccc2)nc1-c1ccncc1. The fourth-order valence-electron chi connectivity index (χ4n) is 3.23. The molecule has 2 heterocycles. The average Bonchev–Trinajstić information content (AvgIpc) is 3.28. The Kier molecular flexibility index (Phi) is 6.80. The number of hydrogen-bond donors (Lipinski definition) is 1. The largest absolute Gasteiger partial charge is 0.351 e. The van der Waals surface area contributed by atoms with Crippen LogP contribution in [-0.2, 0) is 11.3 Å². The third kappa shape index (κ3) is 5.45. The number of rotatable bonds is 8. The van der Waals surface area contributed by atoms with Crippen LogP contribution < -0.4 is 5.32 Å². The molecule has 0 radical (unpaired) electrons. The van der Waals surface area contributed by atoms with Crippen molar-refractivity contribution in [1.29, 1.82) is 0 Å². The van der Waals surface area contributed by atoms with Crippen LogP contribution in [0.2, 0.25) is 0 Å². The Morgan fingerprint density at radius 3 is 2.45 bits per heavy atom. The van der Waals surface area contributed by atoms with E-state index in [9.17, 15) is 14.9 Å². The van der Waals surface area contributed by atoms with Crippen molar-refractivity contribution in [3.05, 3.63) is 101 Å². The van der Waals surface area contributed by atoms with E-state index in [0.29, 0.717) is 6.54 Å². The lowest BCUT2D eigenvalue weighted by Gasteiger charge is -2.12. The summed E-state index contributed by atoms with van der Waals surface area (Å²) in [5.74, 6) is -0.133. The van der Waals surface area contributed by atoms with Crippen LogP contribution in [-0.4, -0.2) is 30.8 Å². The number of nitro groups is 1. The second-order valence-corrected chi connectivity index (χ2v) is 8.66. The molecule has 4 aromatic rings. The molecule has 1 N–H and O–H groups in total. The van der Waals surface area contributed by atoms with Crippen molar-refractivity contribution in [2.24, 2.45) is 0 Å². The zero-order valence-electron chi connectivity index (χ0n) is 17.8. The Morgan fingerprint density at radius 2 is 1.79 bits per heavy atom. The number of nitrogens with zero attached hydrogens (tertiary/aromatic N) is 4. The van der Waals surface area contributed by atoms with Crippen LogP contribution in [0.3, 0.4) is 0 Å². The van der Waals surface area contributed by atoms with Crippen LogP contribution in [0, 0.1) is 10.1 Å². The number of carbonyl (C=O) groups is 1. The van der Waals surface area contributed by atoms with Crippen molar-refractivity contribution in [2.75, 3.05) is 0 Å². The molecule has 2 aromatic heterocycles. The summed E-state index contributed by atoms with van der Waals surface area (Å²) in [4.78, 5) is 28.0. The Bertz CT molecular complexity index is 1240. The third-order valence-corrected chi connectivity index (χ3v) is 6.06. The molecule has 4 rings (SSSR count). The summed E-state index contributed by atoms with van der Waals surface area (Å²) in [6, 6.07) is 19.7. The van der Waals surface area contributed by atoms with Crippen LogP contribution >= 0.6 is 11.8 Å². The zero-order valence-corrected chi connectivity index (χ0v) is 18.6. The first-order valence-corrected chi connectivity index (χ1v) is 11.1. The molecule has 0 saturated heterocycles. The van der Waals surface area contributed by atoms with Gasteiger partial charge in [0.1, 0.15) is 0 Å². The van der Waals surface area contributed by atoms with Gasteiger partial charge in [-0.2, -0.15) is 5.10 Å². The molecule has 0 bridgehead atoms. The van der Waals surface area contributed by atoms with Crippen molar-refractivity contribution >= 4 is 23.4 Å². The topological polar surface area (TPSA) is 103 Å². The minimum atomic E-state index is -0.444. The highest BCUT2D eigenvalue weighted by Crippen LogP contribution is 2.26. The average molecular weight is 460 g/mol. The van der Waals surface area contributed by atoms with E-state index < -0.39 is 4.92 Å². The van der Waals surface area contributed by atoms with Crippen molar-refractivity contribution < 1.29 is 9.72 Å². The lowest BCUT2D eigenvalue weighted by atomic mass is 10.1. The summed E-state index contributed by atoms with van der Waals surface area (Å²) >= 11 is 1.35. The maximum atomic E-state index is 12.7. The van der Waals surface area contributed by atoms with Gasteiger partial charge >= 0.3 is 0 Å². The first kappa shape index (κ1) is 22.2. The summed E-state index contributed by atoms with van der Waals surface area (Å²) in [7, 11) is 0. The van der Waals surface area contributed by atoms with Gasteiger partial charge in [0.15, 0.2) is 0 Å². The van der Waals surface area contributed by atoms with E-state index in [1.165, 1.54) is 23.9 Å². The van der Waals surface area contributed by atoms with Gasteiger partial charge in [-0.1, -0.05) is 18.2 Å². The van der Waals surface area contributed by atoms with Crippen LogP contribution in [0.5, 0.6) is 0 Å². The number of nitrogens with one attached hydrogen (secondary N) is 1. The van der Waals surface area contributed by atoms with Gasteiger partial charge < -0.3 is 5.32 Å². The van der Waals surface area contributed by atoms with E-state index in [2.05, 4.69) is 10.3 Å². The predicted octanol–water partition coefficient (Wildman–Crippen LogP) is 4.64. The van der Waals surface area contributed by atoms with E-state index in [-0.39, 0.29) is 16.8 Å². The maximum absolute atomic E-state index is 12.7. The van der Waals surface area contributed by atoms with Gasteiger partial charge in [-0.05, 0) is 43.3 Å². The van der Waals surface area contributed by atoms with Gasteiger partial charge in [-0.25, -0.2) is 4.68 Å². The van der Waals surface area contributed by atoms with Crippen molar-refractivity contribution in [1.82, 2.24) is 20.1 Å². The smallest absolute Gasteiger partial charge is 0.269 e. The lowest BCUT2D eigenvalue weighted by molar-refractivity contribution is -0.384. The van der Waals surface area contributed by atoms with Gasteiger partial charge in [-0.3, -0.25) is 19.9 Å². The van der Waals surface area contributed by atoms with Crippen molar-refractivity contribution in [3.63, 3.8) is 0 Å². The van der Waals surface area contributed by atoms with Gasteiger partial charge in [-0.15, -0.1) is 11.8 Å². The second kappa shape index (κ2) is 10.1. The number of para-hydroxylation sites is 1. The monoisotopic (exact) mass is 459 g/mol. The Morgan fingerprint density at radius 1 is 1.09 bits per heavy atom. The standard InChI is InChI=1S/C24H21N5O3S/c1-17(33-22-9-7-21(8-10-22)29(31)32)24(30)26-15-19-16-28(20-5-3-2-4-6-20)27-23(19)18-11-13-25-14-12-18/h2-14,16-17H,15H2,1H3,(H,26,30). The molecule has 0 aliphatic carbocycles. The molecule has 0 saturated carbocycles. The first-order chi connectivity index (χ1) is 16.0. The highest BCUT2D eigenvalue weighted by Gasteiger charge is 2.18. The number of thioether (sulfide) groups is 1. The Hall–Kier alpha value is -3.98. The number of non-ortho nitro benzene ring substituents is 1. The van der Waals surface area contributed by atoms with Crippen molar-refractivity contribution in [3.8, 4) is 16.9 Å². The molecular weight excluding hydrogens is 438 g/mol. The molecule has 2 aromatic carbocycles. The molecule has 0 aliphatic rings. The van der Waals surface area contributed by atoms with E-state index in [1.807, 2.05) is 48.7 Å². The van der Waals surface area contributed by atoms with Crippen LogP contribution in [0.1, 0.15) is 12.5 Å². The van der Waals surface area contributed by atoms with E-state index in [1.54, 1.807) is 36.1 Å². The van der Waals surface area contributed by atoms with E-state index in [0.717, 1.165) is 27.4 Å². The Balaban J connectivity index is 1.48. The molecule has 166 valence electrons. The molecule has 9 heteroatoms. The van der Waals surface area contributed by atoms with Crippen LogP contribution in [0.15, 0.2) is 90.2 Å². The minimum absolute atomic E-state index is 0.0236. The van der Waals surface area contributed by atoms with Gasteiger partial charge in [0.05, 0.1) is 21.6 Å². The molecule has 1 unspecified atom stereocenters. The Labute approximate surface area is 194 Å². The summed E-state index contributed by atoms with van der Waals surface area (Å²) < 4.78 is 1.80. The molecule has 33 heavy (non-hydrogen) atoms. The maximum Gasteiger partial charge on any atom is 0.269 e. The van der Waals surface area contributed by atoms with Crippen molar-refractivity contribution in [2.45, 2.75) is 23.6 Å². The molecule has 8 nitrogen and oxygen atoms in total. The highest BCUT2D eigenvalue weighted by atomic mass is 32.2. The first-order valence-electron chi connectivity index (χ1n) is 10.2. The summed E-state index contributed by atoms with van der Waals surface area (Å²) in [5.41, 5.74) is 3.52. The molecule has 0 fully saturated rings. The van der Waals surface area contributed by atoms with Gasteiger partial charge in [0, 0.05) is 53.3 Å². The number of amides is 1. The minimum Gasteiger partial charge on any atom is -0.351 e. The van der Waals surface area contributed by atoms with Crippen LogP contribution in [0.4, 0.5) is 5.69 Å². The molecule has 1 amide bonds. The predicted molar refractivity (Wildman–Crippen MR) is 127 cm³/mol. The van der Waals surface area contributed by atoms with E-state index >= 15 is 0 Å². The van der Waals surface area contributed by atoms with Crippen LogP contribution in [0.25, 0.3) is 16.9 Å². The summed E-state index contributed by atoms with van der Waals surface area (Å²) in [6.07, 6.45) is 5.34. The number of carbonyl (C=O) groups excluding carboxylic acids is 1. The fourth-order valence-corrected chi connectivity index (χ4v) is 4.13. The van der Waals surface area contributed by atoms with E-state index in [4.69, 9.17) is 5.10 Å². The third-order valence-electron chi connectivity index (χ3n) is 4.95. The molecule has 1 atom stereocenters. The fraction of sp³-hybridized carbons (Fsp3) is 0.125. The normalized spacial score (nSPS) is 11.7. The second-order valence-electron chi connectivity index (χ2n) is 7.25. The molecule has 0 spiro atoms. The summed E-state index contributed by atoms with van der Waals surface area (Å²) in [6.45, 7) is 2.12. The lowest BCUT2D eigenvalue weighted by Crippen LogP contribution is -2.30. The summed E-state index contributed by atoms with van der Waals surface area (Å²) in [5, 5.41) is 18.2. The number of benzene rings is 2. The number of pyridine rings is 1. The van der Waals surface area contributed by atoms with Gasteiger partial charge in [0.25, 0.3) is 5.69 Å². The van der Waals surface area contributed by atoms with Gasteiger partial charge in [0.2, 0.25) is 5.91 Å².